The number of hydrogen-bond acceptors (Lipinski definition) is 8. The highest BCUT2D eigenvalue weighted by atomic mass is 32.1. The van der Waals surface area contributed by atoms with Crippen molar-refractivity contribution in [3.63, 3.8) is 0 Å². The van der Waals surface area contributed by atoms with Crippen LogP contribution >= 0.6 is 11.3 Å². The van der Waals surface area contributed by atoms with Crippen LogP contribution in [0.25, 0.3) is 0 Å². The molecule has 0 unspecified atom stereocenters. The van der Waals surface area contributed by atoms with Crippen LogP contribution in [0.4, 0.5) is 10.9 Å². The molecule has 2 aromatic rings. The standard InChI is InChI=1S/C18H21N5O3S/c1-2-26-17(25)11-5-6-13-15(11)21-18(27-13)22-16(24)12-9-14(20-10-19-12)23-7-3-4-8-23/h9-11H,2-8H2,1H3,(H,21,22,24)/t11-/m1/s1. The van der Waals surface area contributed by atoms with Crippen molar-refractivity contribution in [3.05, 3.63) is 28.7 Å². The lowest BCUT2D eigenvalue weighted by Gasteiger charge is -2.16. The normalized spacial score (nSPS) is 18.4. The highest BCUT2D eigenvalue weighted by Gasteiger charge is 2.34. The van der Waals surface area contributed by atoms with E-state index in [1.165, 1.54) is 17.7 Å². The fourth-order valence-electron chi connectivity index (χ4n) is 3.50. The molecule has 3 heterocycles. The van der Waals surface area contributed by atoms with E-state index in [1.807, 2.05) is 0 Å². The highest BCUT2D eigenvalue weighted by Crippen LogP contribution is 2.39. The van der Waals surface area contributed by atoms with Crippen molar-refractivity contribution in [2.75, 3.05) is 29.9 Å². The first kappa shape index (κ1) is 17.8. The molecule has 0 saturated carbocycles. The largest absolute Gasteiger partial charge is 0.465 e. The zero-order valence-electron chi connectivity index (χ0n) is 15.1. The minimum Gasteiger partial charge on any atom is -0.465 e. The van der Waals surface area contributed by atoms with E-state index in [-0.39, 0.29) is 17.8 Å². The van der Waals surface area contributed by atoms with E-state index in [0.29, 0.717) is 23.9 Å². The number of nitrogens with zero attached hydrogens (tertiary/aromatic N) is 4. The maximum absolute atomic E-state index is 12.6. The Bertz CT molecular complexity index is 862. The molecule has 9 heteroatoms. The molecule has 0 aromatic carbocycles. The summed E-state index contributed by atoms with van der Waals surface area (Å²) in [5, 5.41) is 3.29. The van der Waals surface area contributed by atoms with Crippen molar-refractivity contribution >= 4 is 34.2 Å². The van der Waals surface area contributed by atoms with Gasteiger partial charge in [0.1, 0.15) is 23.8 Å². The van der Waals surface area contributed by atoms with E-state index in [0.717, 1.165) is 48.7 Å². The molecule has 8 nitrogen and oxygen atoms in total. The number of thiazole rings is 1. The second-order valence-electron chi connectivity index (χ2n) is 6.58. The SMILES string of the molecule is CCOC(=O)[C@@H]1CCc2sc(NC(=O)c3cc(N4CCCC4)ncn3)nc21. The molecule has 0 radical (unpaired) electrons. The van der Waals surface area contributed by atoms with Gasteiger partial charge in [0.25, 0.3) is 5.91 Å². The third kappa shape index (κ3) is 3.64. The van der Waals surface area contributed by atoms with Crippen molar-refractivity contribution < 1.29 is 14.3 Å². The van der Waals surface area contributed by atoms with Gasteiger partial charge in [-0.15, -0.1) is 11.3 Å². The van der Waals surface area contributed by atoms with Crippen LogP contribution < -0.4 is 10.2 Å². The van der Waals surface area contributed by atoms with Crippen LogP contribution in [0.15, 0.2) is 12.4 Å². The van der Waals surface area contributed by atoms with Gasteiger partial charge in [-0.25, -0.2) is 15.0 Å². The van der Waals surface area contributed by atoms with E-state index < -0.39 is 0 Å². The average Bonchev–Trinajstić information content (AvgIpc) is 3.39. The molecular formula is C18H21N5O3S. The molecule has 2 aromatic heterocycles. The van der Waals surface area contributed by atoms with Gasteiger partial charge < -0.3 is 9.64 Å². The average molecular weight is 387 g/mol. The Morgan fingerprint density at radius 2 is 2.15 bits per heavy atom. The number of aromatic nitrogens is 3. The molecule has 1 atom stereocenters. The van der Waals surface area contributed by atoms with Gasteiger partial charge in [0.15, 0.2) is 5.13 Å². The number of amides is 1. The van der Waals surface area contributed by atoms with Crippen molar-refractivity contribution in [3.8, 4) is 0 Å². The van der Waals surface area contributed by atoms with Crippen molar-refractivity contribution in [2.24, 2.45) is 0 Å². The first-order valence-electron chi connectivity index (χ1n) is 9.20. The summed E-state index contributed by atoms with van der Waals surface area (Å²) < 4.78 is 5.12. The van der Waals surface area contributed by atoms with Crippen LogP contribution in [-0.2, 0) is 16.0 Å². The fraction of sp³-hybridized carbons (Fsp3) is 0.500. The molecule has 1 saturated heterocycles. The number of hydrogen-bond donors (Lipinski definition) is 1. The first-order valence-corrected chi connectivity index (χ1v) is 10.0. The predicted octanol–water partition coefficient (Wildman–Crippen LogP) is 2.38. The Morgan fingerprint density at radius 1 is 1.33 bits per heavy atom. The number of carbonyl (C=O) groups is 2. The molecule has 0 bridgehead atoms. The Balaban J connectivity index is 1.47. The molecule has 1 aliphatic heterocycles. The van der Waals surface area contributed by atoms with Crippen LogP contribution in [-0.4, -0.2) is 46.5 Å². The number of anilines is 2. The molecule has 2 aliphatic rings. The first-order chi connectivity index (χ1) is 13.2. The minimum atomic E-state index is -0.331. The molecular weight excluding hydrogens is 366 g/mol. The highest BCUT2D eigenvalue weighted by molar-refractivity contribution is 7.16. The van der Waals surface area contributed by atoms with Crippen molar-refractivity contribution in [1.82, 2.24) is 15.0 Å². The molecule has 27 heavy (non-hydrogen) atoms. The number of rotatable bonds is 5. The van der Waals surface area contributed by atoms with Gasteiger partial charge in [-0.1, -0.05) is 0 Å². The second-order valence-corrected chi connectivity index (χ2v) is 7.66. The second kappa shape index (κ2) is 7.59. The number of nitrogens with one attached hydrogen (secondary N) is 1. The van der Waals surface area contributed by atoms with Crippen LogP contribution in [0, 0.1) is 0 Å². The van der Waals surface area contributed by atoms with Crippen LogP contribution in [0.1, 0.15) is 53.2 Å². The van der Waals surface area contributed by atoms with E-state index in [1.54, 1.807) is 13.0 Å². The maximum atomic E-state index is 12.6. The molecule has 0 spiro atoms. The summed E-state index contributed by atoms with van der Waals surface area (Å²) in [5.74, 6) is -0.122. The third-order valence-electron chi connectivity index (χ3n) is 4.82. The summed E-state index contributed by atoms with van der Waals surface area (Å²) in [7, 11) is 0. The summed E-state index contributed by atoms with van der Waals surface area (Å²) in [4.78, 5) is 40.7. The molecule has 142 valence electrons. The van der Waals surface area contributed by atoms with E-state index in [4.69, 9.17) is 4.74 Å². The Labute approximate surface area is 161 Å². The monoisotopic (exact) mass is 387 g/mol. The number of ether oxygens (including phenoxy) is 1. The summed E-state index contributed by atoms with van der Waals surface area (Å²) >= 11 is 1.41. The van der Waals surface area contributed by atoms with E-state index >= 15 is 0 Å². The van der Waals surface area contributed by atoms with Crippen LogP contribution in [0.3, 0.4) is 0 Å². The molecule has 1 N–H and O–H groups in total. The zero-order valence-corrected chi connectivity index (χ0v) is 15.9. The van der Waals surface area contributed by atoms with E-state index in [2.05, 4.69) is 25.2 Å². The topological polar surface area (TPSA) is 97.3 Å². The Morgan fingerprint density at radius 3 is 2.93 bits per heavy atom. The predicted molar refractivity (Wildman–Crippen MR) is 101 cm³/mol. The summed E-state index contributed by atoms with van der Waals surface area (Å²) in [6, 6.07) is 1.71. The van der Waals surface area contributed by atoms with Gasteiger partial charge in [-0.05, 0) is 32.6 Å². The molecule has 4 rings (SSSR count). The zero-order chi connectivity index (χ0) is 18.8. The Kier molecular flexibility index (Phi) is 5.02. The van der Waals surface area contributed by atoms with Gasteiger partial charge in [-0.3, -0.25) is 14.9 Å². The number of aryl methyl sites for hydroxylation is 1. The number of fused-ring (bicyclic) bond motifs is 1. The Hall–Kier alpha value is -2.55. The lowest BCUT2D eigenvalue weighted by molar-refractivity contribution is -0.145. The third-order valence-corrected chi connectivity index (χ3v) is 5.87. The fourth-order valence-corrected chi connectivity index (χ4v) is 4.54. The van der Waals surface area contributed by atoms with Crippen molar-refractivity contribution in [2.45, 2.75) is 38.5 Å². The molecule has 1 amide bonds. The van der Waals surface area contributed by atoms with Crippen LogP contribution in [0.2, 0.25) is 0 Å². The van der Waals surface area contributed by atoms with Gasteiger partial charge in [0, 0.05) is 24.0 Å². The van der Waals surface area contributed by atoms with Crippen molar-refractivity contribution in [1.29, 1.82) is 0 Å². The smallest absolute Gasteiger partial charge is 0.315 e. The van der Waals surface area contributed by atoms with Gasteiger partial charge in [0.05, 0.1) is 12.3 Å². The lowest BCUT2D eigenvalue weighted by Crippen LogP contribution is -2.21. The van der Waals surface area contributed by atoms with Gasteiger partial charge >= 0.3 is 5.97 Å². The summed E-state index contributed by atoms with van der Waals surface area (Å²) in [6.07, 6.45) is 5.18. The molecule has 1 aliphatic carbocycles. The van der Waals surface area contributed by atoms with Gasteiger partial charge in [-0.2, -0.15) is 0 Å². The quantitative estimate of drug-likeness (QED) is 0.787. The number of carbonyl (C=O) groups excluding carboxylic acids is 2. The summed E-state index contributed by atoms with van der Waals surface area (Å²) in [6.45, 7) is 4.04. The molecule has 1 fully saturated rings. The van der Waals surface area contributed by atoms with Crippen LogP contribution in [0.5, 0.6) is 0 Å². The lowest BCUT2D eigenvalue weighted by atomic mass is 10.1. The van der Waals surface area contributed by atoms with Gasteiger partial charge in [0.2, 0.25) is 0 Å². The maximum Gasteiger partial charge on any atom is 0.315 e. The number of esters is 1. The van der Waals surface area contributed by atoms with E-state index in [9.17, 15) is 9.59 Å². The minimum absolute atomic E-state index is 0.245. The summed E-state index contributed by atoms with van der Waals surface area (Å²) in [5.41, 5.74) is 1.04.